The monoisotopic (exact) mass is 229 g/mol. The van der Waals surface area contributed by atoms with E-state index in [2.05, 4.69) is 43.1 Å². The number of rotatable bonds is 4. The molecule has 1 unspecified atom stereocenters. The van der Waals surface area contributed by atoms with Crippen molar-refractivity contribution in [3.05, 3.63) is 47.9 Å². The molecule has 3 heteroatoms. The highest BCUT2D eigenvalue weighted by molar-refractivity contribution is 5.37. The molecule has 17 heavy (non-hydrogen) atoms. The second-order valence-electron chi connectivity index (χ2n) is 4.38. The van der Waals surface area contributed by atoms with Crippen LogP contribution in [0, 0.1) is 0 Å². The van der Waals surface area contributed by atoms with Crippen molar-refractivity contribution in [2.45, 2.75) is 32.7 Å². The Morgan fingerprint density at radius 2 is 2.00 bits per heavy atom. The minimum atomic E-state index is 0.443. The lowest BCUT2D eigenvalue weighted by molar-refractivity contribution is 0.743. The average Bonchev–Trinajstić information content (AvgIpc) is 2.71. The molecule has 2 N–H and O–H groups in total. The molecule has 0 aliphatic rings. The van der Waals surface area contributed by atoms with Gasteiger partial charge in [-0.25, -0.2) is 4.98 Å². The van der Waals surface area contributed by atoms with Crippen LogP contribution in [-0.2, 0) is 13.0 Å². The summed E-state index contributed by atoms with van der Waals surface area (Å²) >= 11 is 0. The van der Waals surface area contributed by atoms with Gasteiger partial charge in [-0.1, -0.05) is 37.3 Å². The maximum Gasteiger partial charge on any atom is 0.126 e. The van der Waals surface area contributed by atoms with Crippen LogP contribution in [0.5, 0.6) is 0 Å². The summed E-state index contributed by atoms with van der Waals surface area (Å²) in [5.41, 5.74) is 8.38. The van der Waals surface area contributed by atoms with Crippen molar-refractivity contribution in [2.24, 2.45) is 0 Å². The standard InChI is InChI=1S/C14H19N3/c1-3-17-10-16-13(14(17)15)9-11(2)12-7-5-4-6-8-12/h4-8,10-11H,3,9,15H2,1-2H3. The van der Waals surface area contributed by atoms with Crippen molar-refractivity contribution in [3.63, 3.8) is 0 Å². The van der Waals surface area contributed by atoms with Gasteiger partial charge in [0, 0.05) is 6.54 Å². The fourth-order valence-electron chi connectivity index (χ4n) is 2.03. The van der Waals surface area contributed by atoms with Crippen molar-refractivity contribution < 1.29 is 0 Å². The summed E-state index contributed by atoms with van der Waals surface area (Å²) in [6.45, 7) is 5.15. The van der Waals surface area contributed by atoms with Crippen LogP contribution in [-0.4, -0.2) is 9.55 Å². The molecule has 1 atom stereocenters. The highest BCUT2D eigenvalue weighted by Gasteiger charge is 2.12. The van der Waals surface area contributed by atoms with Gasteiger partial charge in [0.05, 0.1) is 12.0 Å². The third kappa shape index (κ3) is 2.49. The zero-order chi connectivity index (χ0) is 12.3. The fourth-order valence-corrected chi connectivity index (χ4v) is 2.03. The van der Waals surface area contributed by atoms with E-state index in [1.165, 1.54) is 5.56 Å². The Hall–Kier alpha value is -1.77. The molecule has 0 aliphatic heterocycles. The van der Waals surface area contributed by atoms with Crippen LogP contribution in [0.1, 0.15) is 31.0 Å². The molecule has 0 spiro atoms. The largest absolute Gasteiger partial charge is 0.384 e. The van der Waals surface area contributed by atoms with Crippen molar-refractivity contribution >= 4 is 5.82 Å². The van der Waals surface area contributed by atoms with Crippen LogP contribution in [0.2, 0.25) is 0 Å². The van der Waals surface area contributed by atoms with Gasteiger partial charge in [0.2, 0.25) is 0 Å². The van der Waals surface area contributed by atoms with E-state index in [-0.39, 0.29) is 0 Å². The first-order valence-electron chi connectivity index (χ1n) is 6.06. The van der Waals surface area contributed by atoms with Gasteiger partial charge < -0.3 is 10.3 Å². The lowest BCUT2D eigenvalue weighted by Crippen LogP contribution is -2.04. The van der Waals surface area contributed by atoms with E-state index in [4.69, 9.17) is 5.73 Å². The first-order valence-corrected chi connectivity index (χ1v) is 6.06. The summed E-state index contributed by atoms with van der Waals surface area (Å²) in [7, 11) is 0. The van der Waals surface area contributed by atoms with Gasteiger partial charge in [-0.3, -0.25) is 0 Å². The lowest BCUT2D eigenvalue weighted by Gasteiger charge is -2.11. The van der Waals surface area contributed by atoms with Gasteiger partial charge in [-0.15, -0.1) is 0 Å². The number of nitrogen functional groups attached to an aromatic ring is 1. The number of aryl methyl sites for hydroxylation is 1. The number of aromatic nitrogens is 2. The Kier molecular flexibility index (Phi) is 3.47. The van der Waals surface area contributed by atoms with Crippen molar-refractivity contribution in [1.82, 2.24) is 9.55 Å². The molecule has 0 radical (unpaired) electrons. The predicted octanol–water partition coefficient (Wildman–Crippen LogP) is 2.83. The second-order valence-corrected chi connectivity index (χ2v) is 4.38. The van der Waals surface area contributed by atoms with Crippen molar-refractivity contribution in [2.75, 3.05) is 5.73 Å². The first kappa shape index (κ1) is 11.7. The van der Waals surface area contributed by atoms with Gasteiger partial charge in [0.25, 0.3) is 0 Å². The molecule has 1 aromatic carbocycles. The molecule has 0 aliphatic carbocycles. The summed E-state index contributed by atoms with van der Waals surface area (Å²) in [4.78, 5) is 4.39. The van der Waals surface area contributed by atoms with Gasteiger partial charge in [0.1, 0.15) is 5.82 Å². The molecular formula is C14H19N3. The summed E-state index contributed by atoms with van der Waals surface area (Å²) in [6.07, 6.45) is 2.71. The highest BCUT2D eigenvalue weighted by atomic mass is 15.1. The van der Waals surface area contributed by atoms with Crippen molar-refractivity contribution in [1.29, 1.82) is 0 Å². The lowest BCUT2D eigenvalue weighted by atomic mass is 9.96. The molecule has 0 saturated heterocycles. The Labute approximate surface area is 102 Å². The molecule has 0 fully saturated rings. The van der Waals surface area contributed by atoms with E-state index < -0.39 is 0 Å². The van der Waals surface area contributed by atoms with E-state index in [1.54, 1.807) is 0 Å². The topological polar surface area (TPSA) is 43.8 Å². The molecule has 2 aromatic rings. The van der Waals surface area contributed by atoms with Crippen LogP contribution in [0.3, 0.4) is 0 Å². The number of nitrogens with zero attached hydrogens (tertiary/aromatic N) is 2. The molecule has 2 rings (SSSR count). The van der Waals surface area contributed by atoms with E-state index in [0.29, 0.717) is 5.92 Å². The predicted molar refractivity (Wildman–Crippen MR) is 70.9 cm³/mol. The van der Waals surface area contributed by atoms with Crippen LogP contribution in [0.15, 0.2) is 36.7 Å². The first-order chi connectivity index (χ1) is 8.22. The van der Waals surface area contributed by atoms with Crippen LogP contribution >= 0.6 is 0 Å². The Balaban J connectivity index is 2.13. The molecular weight excluding hydrogens is 210 g/mol. The maximum absolute atomic E-state index is 6.04. The molecule has 0 amide bonds. The van der Waals surface area contributed by atoms with Gasteiger partial charge in [-0.2, -0.15) is 0 Å². The zero-order valence-corrected chi connectivity index (χ0v) is 10.4. The van der Waals surface area contributed by atoms with Gasteiger partial charge >= 0.3 is 0 Å². The molecule has 1 heterocycles. The number of hydrogen-bond donors (Lipinski definition) is 1. The zero-order valence-electron chi connectivity index (χ0n) is 10.4. The third-order valence-electron chi connectivity index (χ3n) is 3.17. The van der Waals surface area contributed by atoms with Gasteiger partial charge in [0.15, 0.2) is 0 Å². The third-order valence-corrected chi connectivity index (χ3v) is 3.17. The SMILES string of the molecule is CCn1cnc(CC(C)c2ccccc2)c1N. The van der Waals surface area contributed by atoms with Crippen molar-refractivity contribution in [3.8, 4) is 0 Å². The second kappa shape index (κ2) is 5.04. The highest BCUT2D eigenvalue weighted by Crippen LogP contribution is 2.22. The normalized spacial score (nSPS) is 12.6. The molecule has 0 bridgehead atoms. The van der Waals surface area contributed by atoms with Crippen LogP contribution in [0.25, 0.3) is 0 Å². The number of hydrogen-bond acceptors (Lipinski definition) is 2. The van der Waals surface area contributed by atoms with E-state index in [0.717, 1.165) is 24.5 Å². The average molecular weight is 229 g/mol. The molecule has 90 valence electrons. The summed E-state index contributed by atoms with van der Waals surface area (Å²) in [5, 5.41) is 0. The van der Waals surface area contributed by atoms with E-state index >= 15 is 0 Å². The minimum Gasteiger partial charge on any atom is -0.384 e. The molecule has 0 saturated carbocycles. The number of imidazole rings is 1. The summed E-state index contributed by atoms with van der Waals surface area (Å²) in [5.74, 6) is 1.24. The Morgan fingerprint density at radius 3 is 2.59 bits per heavy atom. The maximum atomic E-state index is 6.04. The number of anilines is 1. The molecule has 1 aromatic heterocycles. The summed E-state index contributed by atoms with van der Waals surface area (Å²) < 4.78 is 1.98. The van der Waals surface area contributed by atoms with E-state index in [1.807, 2.05) is 17.0 Å². The van der Waals surface area contributed by atoms with Crippen LogP contribution < -0.4 is 5.73 Å². The Bertz CT molecular complexity index is 473. The van der Waals surface area contributed by atoms with Crippen LogP contribution in [0.4, 0.5) is 5.82 Å². The Morgan fingerprint density at radius 1 is 1.29 bits per heavy atom. The van der Waals surface area contributed by atoms with E-state index in [9.17, 15) is 0 Å². The quantitative estimate of drug-likeness (QED) is 0.876. The minimum absolute atomic E-state index is 0.443. The molecule has 3 nitrogen and oxygen atoms in total. The summed E-state index contributed by atoms with van der Waals surface area (Å²) in [6, 6.07) is 10.5. The fraction of sp³-hybridized carbons (Fsp3) is 0.357. The van der Waals surface area contributed by atoms with Gasteiger partial charge in [-0.05, 0) is 24.8 Å². The number of benzene rings is 1. The smallest absolute Gasteiger partial charge is 0.126 e. The number of nitrogens with two attached hydrogens (primary N) is 1.